The summed E-state index contributed by atoms with van der Waals surface area (Å²) in [4.78, 5) is 30.2. The number of pyridine rings is 2. The molecule has 0 bridgehead atoms. The summed E-state index contributed by atoms with van der Waals surface area (Å²) in [7, 11) is 0. The van der Waals surface area contributed by atoms with Crippen LogP contribution in [0.1, 0.15) is 42.1 Å². The number of hydrogen-bond donors (Lipinski definition) is 3. The fourth-order valence-corrected chi connectivity index (χ4v) is 3.26. The molecule has 3 aromatic rings. The molecule has 3 aromatic heterocycles. The summed E-state index contributed by atoms with van der Waals surface area (Å²) in [5.74, 6) is -0.400. The topological polar surface area (TPSA) is 112 Å². The van der Waals surface area contributed by atoms with Crippen LogP contribution in [0.25, 0.3) is 16.7 Å². The first-order valence-electron chi connectivity index (χ1n) is 9.48. The first kappa shape index (κ1) is 19.8. The first-order valence-corrected chi connectivity index (χ1v) is 9.48. The highest BCUT2D eigenvalue weighted by molar-refractivity contribution is 5.96. The van der Waals surface area contributed by atoms with E-state index in [1.54, 1.807) is 12.3 Å². The second kappa shape index (κ2) is 8.35. The number of aromatic nitrogens is 3. The van der Waals surface area contributed by atoms with E-state index in [0.29, 0.717) is 17.8 Å². The van der Waals surface area contributed by atoms with Crippen molar-refractivity contribution in [2.45, 2.75) is 39.7 Å². The van der Waals surface area contributed by atoms with Crippen LogP contribution in [-0.2, 0) is 6.54 Å². The maximum absolute atomic E-state index is 13.0. The van der Waals surface area contributed by atoms with E-state index in [9.17, 15) is 14.7 Å². The Labute approximate surface area is 162 Å². The van der Waals surface area contributed by atoms with Gasteiger partial charge in [0.1, 0.15) is 16.8 Å². The normalized spacial score (nSPS) is 11.2. The van der Waals surface area contributed by atoms with Crippen molar-refractivity contribution in [3.8, 4) is 0 Å². The molecule has 1 amide bonds. The van der Waals surface area contributed by atoms with Crippen molar-refractivity contribution in [2.75, 3.05) is 13.2 Å². The molecular weight excluding hydrogens is 358 g/mol. The Morgan fingerprint density at radius 3 is 2.82 bits per heavy atom. The van der Waals surface area contributed by atoms with Gasteiger partial charge in [-0.05, 0) is 31.0 Å². The molecule has 0 fully saturated rings. The van der Waals surface area contributed by atoms with Crippen LogP contribution in [0.4, 0.5) is 0 Å². The summed E-state index contributed by atoms with van der Waals surface area (Å²) in [5, 5.41) is 21.0. The molecule has 0 spiro atoms. The predicted octanol–water partition coefficient (Wildman–Crippen LogP) is 1.35. The van der Waals surface area contributed by atoms with Gasteiger partial charge in [0.15, 0.2) is 0 Å². The Balaban J connectivity index is 2.22. The molecule has 0 aliphatic heterocycles. The highest BCUT2D eigenvalue weighted by atomic mass is 16.3. The van der Waals surface area contributed by atoms with Gasteiger partial charge in [-0.2, -0.15) is 0 Å². The Bertz CT molecular complexity index is 1150. The molecule has 0 radical (unpaired) electrons. The van der Waals surface area contributed by atoms with Crippen molar-refractivity contribution < 1.29 is 9.90 Å². The SMILES string of the molecule is CCCCCNC(=O)c1cc2c(=O)n3cccc(C)c3nc2n(CCO)c1=N. The van der Waals surface area contributed by atoms with Gasteiger partial charge in [-0.3, -0.25) is 19.4 Å². The predicted molar refractivity (Wildman–Crippen MR) is 106 cm³/mol. The zero-order chi connectivity index (χ0) is 20.3. The summed E-state index contributed by atoms with van der Waals surface area (Å²) in [6, 6.07) is 5.05. The molecule has 3 rings (SSSR count). The Kier molecular flexibility index (Phi) is 5.89. The molecule has 0 atom stereocenters. The smallest absolute Gasteiger partial charge is 0.267 e. The van der Waals surface area contributed by atoms with E-state index in [2.05, 4.69) is 17.2 Å². The average molecular weight is 383 g/mol. The van der Waals surface area contributed by atoms with Crippen LogP contribution in [0.5, 0.6) is 0 Å². The lowest BCUT2D eigenvalue weighted by Crippen LogP contribution is -2.35. The van der Waals surface area contributed by atoms with Crippen molar-refractivity contribution in [1.82, 2.24) is 19.3 Å². The number of hydrogen-bond acceptors (Lipinski definition) is 5. The van der Waals surface area contributed by atoms with Crippen LogP contribution < -0.4 is 16.4 Å². The van der Waals surface area contributed by atoms with Crippen LogP contribution in [-0.4, -0.2) is 38.1 Å². The molecule has 0 aromatic carbocycles. The third-order valence-corrected chi connectivity index (χ3v) is 4.77. The van der Waals surface area contributed by atoms with E-state index in [-0.39, 0.29) is 35.1 Å². The minimum absolute atomic E-state index is 0.0700. The summed E-state index contributed by atoms with van der Waals surface area (Å²) >= 11 is 0. The number of carbonyl (C=O) groups excluding carboxylic acids is 1. The van der Waals surface area contributed by atoms with Gasteiger partial charge in [-0.15, -0.1) is 0 Å². The van der Waals surface area contributed by atoms with Gasteiger partial charge in [0.05, 0.1) is 17.6 Å². The molecular formula is C20H25N5O3. The molecule has 3 heterocycles. The number of aliphatic hydroxyl groups is 1. The average Bonchev–Trinajstić information content (AvgIpc) is 2.68. The quantitative estimate of drug-likeness (QED) is 0.422. The lowest BCUT2D eigenvalue weighted by Gasteiger charge is -2.14. The van der Waals surface area contributed by atoms with Crippen molar-refractivity contribution in [3.63, 3.8) is 0 Å². The Morgan fingerprint density at radius 1 is 1.32 bits per heavy atom. The third-order valence-electron chi connectivity index (χ3n) is 4.77. The van der Waals surface area contributed by atoms with E-state index < -0.39 is 5.91 Å². The van der Waals surface area contributed by atoms with E-state index in [0.717, 1.165) is 24.8 Å². The van der Waals surface area contributed by atoms with Gasteiger partial charge in [-0.1, -0.05) is 25.8 Å². The second-order valence-corrected chi connectivity index (χ2v) is 6.78. The third kappa shape index (κ3) is 3.55. The second-order valence-electron chi connectivity index (χ2n) is 6.78. The lowest BCUT2D eigenvalue weighted by atomic mass is 10.2. The fourth-order valence-electron chi connectivity index (χ4n) is 3.26. The van der Waals surface area contributed by atoms with E-state index >= 15 is 0 Å². The summed E-state index contributed by atoms with van der Waals surface area (Å²) in [6.45, 7) is 4.28. The van der Waals surface area contributed by atoms with Crippen molar-refractivity contribution in [3.05, 3.63) is 51.4 Å². The Morgan fingerprint density at radius 2 is 2.11 bits per heavy atom. The van der Waals surface area contributed by atoms with Gasteiger partial charge >= 0.3 is 0 Å². The molecule has 8 heteroatoms. The van der Waals surface area contributed by atoms with Crippen LogP contribution in [0, 0.1) is 12.3 Å². The summed E-state index contributed by atoms with van der Waals surface area (Å²) in [6.07, 6.45) is 4.54. The van der Waals surface area contributed by atoms with Crippen LogP contribution in [0.3, 0.4) is 0 Å². The fraction of sp³-hybridized carbons (Fsp3) is 0.400. The summed E-state index contributed by atoms with van der Waals surface area (Å²) < 4.78 is 2.86. The number of nitrogens with one attached hydrogen (secondary N) is 2. The lowest BCUT2D eigenvalue weighted by molar-refractivity contribution is 0.0950. The molecule has 3 N–H and O–H groups in total. The van der Waals surface area contributed by atoms with Crippen molar-refractivity contribution >= 4 is 22.6 Å². The van der Waals surface area contributed by atoms with Gasteiger partial charge in [0.25, 0.3) is 11.5 Å². The molecule has 0 aliphatic carbocycles. The number of rotatable bonds is 7. The molecule has 28 heavy (non-hydrogen) atoms. The number of amides is 1. The highest BCUT2D eigenvalue weighted by Crippen LogP contribution is 2.12. The minimum atomic E-state index is -0.400. The number of aliphatic hydroxyl groups excluding tert-OH is 1. The van der Waals surface area contributed by atoms with Gasteiger partial charge in [0, 0.05) is 19.3 Å². The monoisotopic (exact) mass is 383 g/mol. The van der Waals surface area contributed by atoms with E-state index in [1.165, 1.54) is 15.0 Å². The highest BCUT2D eigenvalue weighted by Gasteiger charge is 2.17. The Hall–Kier alpha value is -3.00. The number of nitrogens with zero attached hydrogens (tertiary/aromatic N) is 3. The van der Waals surface area contributed by atoms with E-state index in [1.807, 2.05) is 13.0 Å². The molecule has 148 valence electrons. The number of carbonyl (C=O) groups is 1. The largest absolute Gasteiger partial charge is 0.395 e. The molecule has 0 unspecified atom stereocenters. The molecule has 0 saturated carbocycles. The molecule has 8 nitrogen and oxygen atoms in total. The molecule has 0 aliphatic rings. The maximum atomic E-state index is 13.0. The summed E-state index contributed by atoms with van der Waals surface area (Å²) in [5.41, 5.74) is 1.32. The zero-order valence-corrected chi connectivity index (χ0v) is 16.2. The number of aryl methyl sites for hydroxylation is 1. The first-order chi connectivity index (χ1) is 13.5. The van der Waals surface area contributed by atoms with Crippen LogP contribution in [0.2, 0.25) is 0 Å². The van der Waals surface area contributed by atoms with Gasteiger partial charge in [0.2, 0.25) is 0 Å². The van der Waals surface area contributed by atoms with Crippen molar-refractivity contribution in [1.29, 1.82) is 5.41 Å². The van der Waals surface area contributed by atoms with E-state index in [4.69, 9.17) is 5.41 Å². The van der Waals surface area contributed by atoms with Crippen molar-refractivity contribution in [2.24, 2.45) is 0 Å². The standard InChI is InChI=1S/C20H25N5O3/c1-3-4-5-8-22-19(27)14-12-15-18(24(10-11-26)16(14)21)23-17-13(2)7-6-9-25(17)20(15)28/h6-7,9,12,21,26H,3-5,8,10-11H2,1-2H3,(H,22,27). The number of unbranched alkanes of at least 4 members (excludes halogenated alkanes) is 2. The number of fused-ring (bicyclic) bond motifs is 2. The van der Waals surface area contributed by atoms with Crippen LogP contribution >= 0.6 is 0 Å². The van der Waals surface area contributed by atoms with Gasteiger partial charge in [-0.25, -0.2) is 4.98 Å². The minimum Gasteiger partial charge on any atom is -0.395 e. The maximum Gasteiger partial charge on any atom is 0.267 e. The zero-order valence-electron chi connectivity index (χ0n) is 16.2. The van der Waals surface area contributed by atoms with Gasteiger partial charge < -0.3 is 15.0 Å². The van der Waals surface area contributed by atoms with Crippen LogP contribution in [0.15, 0.2) is 29.2 Å². The molecule has 0 saturated heterocycles.